The number of carbonyl (C=O) groups excluding carboxylic acids is 1. The number of anilines is 1. The topological polar surface area (TPSA) is 64.3 Å². The molecule has 0 saturated heterocycles. The first kappa shape index (κ1) is 23.6. The molecule has 7 nitrogen and oxygen atoms in total. The van der Waals surface area contributed by atoms with Crippen molar-refractivity contribution in [2.24, 2.45) is 0 Å². The predicted molar refractivity (Wildman–Crippen MR) is 148 cm³/mol. The van der Waals surface area contributed by atoms with Crippen molar-refractivity contribution in [3.05, 3.63) is 126 Å². The first-order chi connectivity index (χ1) is 18.7. The molecule has 5 aromatic rings. The molecule has 0 radical (unpaired) electrons. The molecule has 1 atom stereocenters. The first-order valence-corrected chi connectivity index (χ1v) is 12.8. The monoisotopic (exact) mass is 503 g/mol. The average molecular weight is 504 g/mol. The summed E-state index contributed by atoms with van der Waals surface area (Å²) in [6.45, 7) is 2.52. The number of amides is 2. The molecule has 6 rings (SSSR count). The Hall–Kier alpha value is -4.78. The summed E-state index contributed by atoms with van der Waals surface area (Å²) in [4.78, 5) is 15.9. The number of aryl methyl sites for hydroxylation is 1. The maximum Gasteiger partial charge on any atom is 0.322 e. The molecule has 1 N–H and O–H groups in total. The fraction of sp³-hybridized carbons (Fsp3) is 0.161. The SMILES string of the molecule is CCc1nn(-c2ccccc2)c2c1CN(C(=O)Nc1ccc(OC)cc1)C(c1ccccc1)c1cccn1-2. The van der Waals surface area contributed by atoms with Crippen LogP contribution in [-0.2, 0) is 13.0 Å². The number of benzene rings is 3. The van der Waals surface area contributed by atoms with E-state index in [9.17, 15) is 4.79 Å². The Morgan fingerprint density at radius 1 is 0.947 bits per heavy atom. The van der Waals surface area contributed by atoms with Gasteiger partial charge in [0.1, 0.15) is 11.6 Å². The number of fused-ring (bicyclic) bond motifs is 3. The van der Waals surface area contributed by atoms with Gasteiger partial charge in [-0.05, 0) is 60.5 Å². The van der Waals surface area contributed by atoms with Gasteiger partial charge in [-0.15, -0.1) is 0 Å². The summed E-state index contributed by atoms with van der Waals surface area (Å²) in [5.41, 5.74) is 5.74. The number of hydrogen-bond acceptors (Lipinski definition) is 3. The van der Waals surface area contributed by atoms with E-state index in [1.54, 1.807) is 7.11 Å². The molecule has 2 aromatic heterocycles. The predicted octanol–water partition coefficient (Wildman–Crippen LogP) is 6.37. The van der Waals surface area contributed by atoms with E-state index in [-0.39, 0.29) is 12.1 Å². The number of hydrogen-bond donors (Lipinski definition) is 1. The van der Waals surface area contributed by atoms with Crippen molar-refractivity contribution < 1.29 is 9.53 Å². The Kier molecular flexibility index (Phi) is 6.17. The molecule has 2 amide bonds. The molecule has 0 aliphatic carbocycles. The minimum Gasteiger partial charge on any atom is -0.497 e. The highest BCUT2D eigenvalue weighted by molar-refractivity contribution is 5.90. The lowest BCUT2D eigenvalue weighted by molar-refractivity contribution is 0.194. The van der Waals surface area contributed by atoms with E-state index >= 15 is 0 Å². The van der Waals surface area contributed by atoms with Crippen LogP contribution in [-0.4, -0.2) is 32.4 Å². The summed E-state index contributed by atoms with van der Waals surface area (Å²) in [6, 6.07) is 31.4. The summed E-state index contributed by atoms with van der Waals surface area (Å²) in [5, 5.41) is 8.13. The van der Waals surface area contributed by atoms with Crippen LogP contribution in [0, 0.1) is 0 Å². The molecule has 1 aliphatic heterocycles. The maximum absolute atomic E-state index is 14.0. The van der Waals surface area contributed by atoms with Gasteiger partial charge in [-0.25, -0.2) is 9.48 Å². The van der Waals surface area contributed by atoms with Crippen molar-refractivity contribution in [2.75, 3.05) is 12.4 Å². The van der Waals surface area contributed by atoms with Crippen molar-refractivity contribution in [2.45, 2.75) is 25.9 Å². The normalized spacial score (nSPS) is 14.4. The number of methoxy groups -OCH3 is 1. The Morgan fingerprint density at radius 2 is 1.66 bits per heavy atom. The second-order valence-corrected chi connectivity index (χ2v) is 9.25. The minimum atomic E-state index is -0.300. The van der Waals surface area contributed by atoms with Crippen LogP contribution in [0.15, 0.2) is 103 Å². The Balaban J connectivity index is 1.51. The fourth-order valence-electron chi connectivity index (χ4n) is 5.20. The molecule has 0 fully saturated rings. The molecule has 38 heavy (non-hydrogen) atoms. The highest BCUT2D eigenvalue weighted by Crippen LogP contribution is 2.39. The molecular formula is C31H29N5O2. The highest BCUT2D eigenvalue weighted by Gasteiger charge is 2.36. The van der Waals surface area contributed by atoms with E-state index < -0.39 is 0 Å². The fourth-order valence-corrected chi connectivity index (χ4v) is 5.20. The molecule has 0 bridgehead atoms. The molecule has 3 aromatic carbocycles. The van der Waals surface area contributed by atoms with Crippen LogP contribution < -0.4 is 10.1 Å². The third-order valence-electron chi connectivity index (χ3n) is 7.02. The van der Waals surface area contributed by atoms with E-state index in [2.05, 4.69) is 53.3 Å². The van der Waals surface area contributed by atoms with Crippen LogP contribution in [0.5, 0.6) is 5.75 Å². The minimum absolute atomic E-state index is 0.181. The lowest BCUT2D eigenvalue weighted by atomic mass is 10.0. The van der Waals surface area contributed by atoms with Crippen molar-refractivity contribution in [1.82, 2.24) is 19.2 Å². The summed E-state index contributed by atoms with van der Waals surface area (Å²) in [7, 11) is 1.63. The number of nitrogens with one attached hydrogen (secondary N) is 1. The van der Waals surface area contributed by atoms with Crippen LogP contribution >= 0.6 is 0 Å². The second kappa shape index (κ2) is 9.94. The van der Waals surface area contributed by atoms with Gasteiger partial charge in [0.25, 0.3) is 0 Å². The van der Waals surface area contributed by atoms with E-state index in [4.69, 9.17) is 9.84 Å². The zero-order valence-electron chi connectivity index (χ0n) is 21.4. The van der Waals surface area contributed by atoms with Gasteiger partial charge in [0, 0.05) is 17.4 Å². The van der Waals surface area contributed by atoms with Gasteiger partial charge in [-0.2, -0.15) is 5.10 Å². The maximum atomic E-state index is 14.0. The molecular weight excluding hydrogens is 474 g/mol. The van der Waals surface area contributed by atoms with Crippen molar-refractivity contribution in [3.63, 3.8) is 0 Å². The van der Waals surface area contributed by atoms with Gasteiger partial charge in [0.05, 0.1) is 36.8 Å². The molecule has 3 heterocycles. The number of carbonyl (C=O) groups is 1. The Labute approximate surface area is 221 Å². The zero-order chi connectivity index (χ0) is 26.1. The van der Waals surface area contributed by atoms with E-state index in [1.807, 2.05) is 76.3 Å². The van der Waals surface area contributed by atoms with E-state index in [0.717, 1.165) is 46.2 Å². The number of aromatic nitrogens is 3. The van der Waals surface area contributed by atoms with Crippen LogP contribution in [0.3, 0.4) is 0 Å². The van der Waals surface area contributed by atoms with Crippen LogP contribution in [0.25, 0.3) is 11.5 Å². The molecule has 0 spiro atoms. The molecule has 190 valence electrons. The van der Waals surface area contributed by atoms with Crippen LogP contribution in [0.1, 0.15) is 35.5 Å². The van der Waals surface area contributed by atoms with Gasteiger partial charge < -0.3 is 19.5 Å². The van der Waals surface area contributed by atoms with Gasteiger partial charge >= 0.3 is 6.03 Å². The number of para-hydroxylation sites is 1. The Bertz CT molecular complexity index is 1560. The third kappa shape index (κ3) is 4.12. The number of ether oxygens (including phenoxy) is 1. The largest absolute Gasteiger partial charge is 0.497 e. The number of nitrogens with zero attached hydrogens (tertiary/aromatic N) is 4. The van der Waals surface area contributed by atoms with Crippen molar-refractivity contribution in [3.8, 4) is 17.3 Å². The number of rotatable bonds is 5. The van der Waals surface area contributed by atoms with Gasteiger partial charge in [-0.3, -0.25) is 0 Å². The third-order valence-corrected chi connectivity index (χ3v) is 7.02. The average Bonchev–Trinajstić information content (AvgIpc) is 3.55. The molecule has 1 unspecified atom stereocenters. The van der Waals surface area contributed by atoms with Gasteiger partial charge in [0.2, 0.25) is 0 Å². The first-order valence-electron chi connectivity index (χ1n) is 12.8. The standard InChI is InChI=1S/C31H29N5O2/c1-3-27-26-21-35(31(37)32-23-16-18-25(38-2)19-17-23)29(22-11-6-4-7-12-22)28-15-10-20-34(28)30(26)36(33-27)24-13-8-5-9-14-24/h4-20,29H,3,21H2,1-2H3,(H,32,37). The smallest absolute Gasteiger partial charge is 0.322 e. The summed E-state index contributed by atoms with van der Waals surface area (Å²) >= 11 is 0. The summed E-state index contributed by atoms with van der Waals surface area (Å²) < 4.78 is 9.47. The molecule has 1 aliphatic rings. The van der Waals surface area contributed by atoms with Crippen molar-refractivity contribution >= 4 is 11.7 Å². The van der Waals surface area contributed by atoms with Gasteiger partial charge in [0.15, 0.2) is 0 Å². The van der Waals surface area contributed by atoms with E-state index in [1.165, 1.54) is 0 Å². The molecule has 0 saturated carbocycles. The lowest BCUT2D eigenvalue weighted by Gasteiger charge is -2.31. The van der Waals surface area contributed by atoms with E-state index in [0.29, 0.717) is 12.2 Å². The molecule has 7 heteroatoms. The summed E-state index contributed by atoms with van der Waals surface area (Å²) in [6.07, 6.45) is 2.82. The van der Waals surface area contributed by atoms with Crippen molar-refractivity contribution in [1.29, 1.82) is 0 Å². The highest BCUT2D eigenvalue weighted by atomic mass is 16.5. The van der Waals surface area contributed by atoms with Crippen LogP contribution in [0.2, 0.25) is 0 Å². The quantitative estimate of drug-likeness (QED) is 0.303. The van der Waals surface area contributed by atoms with Crippen LogP contribution in [0.4, 0.5) is 10.5 Å². The Morgan fingerprint density at radius 3 is 2.34 bits per heavy atom. The number of urea groups is 1. The van der Waals surface area contributed by atoms with Gasteiger partial charge in [-0.1, -0.05) is 55.5 Å². The second-order valence-electron chi connectivity index (χ2n) is 9.25. The summed E-state index contributed by atoms with van der Waals surface area (Å²) in [5.74, 6) is 1.71. The zero-order valence-corrected chi connectivity index (χ0v) is 21.4. The lowest BCUT2D eigenvalue weighted by Crippen LogP contribution is -2.38.